The minimum Gasteiger partial charge on any atom is -0.373 e. The summed E-state index contributed by atoms with van der Waals surface area (Å²) in [6.45, 7) is 2.31. The Morgan fingerprint density at radius 2 is 2.24 bits per heavy atom. The van der Waals surface area contributed by atoms with E-state index in [0.29, 0.717) is 5.92 Å². The molecule has 1 aromatic rings. The van der Waals surface area contributed by atoms with E-state index in [4.69, 9.17) is 0 Å². The van der Waals surface area contributed by atoms with E-state index >= 15 is 0 Å². The van der Waals surface area contributed by atoms with Gasteiger partial charge in [-0.15, -0.1) is 10.2 Å². The minimum absolute atomic E-state index is 0.400. The van der Waals surface area contributed by atoms with Crippen molar-refractivity contribution in [2.45, 2.75) is 38.3 Å². The van der Waals surface area contributed by atoms with E-state index in [0.717, 1.165) is 43.9 Å². The SMILES string of the molecule is CN1CCC(Cc2nnc3n2C(O)CCC3)C1. The first-order valence-electron chi connectivity index (χ1n) is 6.53. The number of aliphatic hydroxyl groups is 1. The van der Waals surface area contributed by atoms with Crippen molar-refractivity contribution in [2.24, 2.45) is 5.92 Å². The molecule has 0 saturated carbocycles. The van der Waals surface area contributed by atoms with Crippen molar-refractivity contribution in [1.82, 2.24) is 19.7 Å². The molecule has 1 saturated heterocycles. The summed E-state index contributed by atoms with van der Waals surface area (Å²) >= 11 is 0. The zero-order chi connectivity index (χ0) is 11.8. The number of hydrogen-bond acceptors (Lipinski definition) is 4. The first kappa shape index (κ1) is 11.2. The first-order chi connectivity index (χ1) is 8.24. The van der Waals surface area contributed by atoms with Crippen LogP contribution in [0.1, 0.15) is 37.1 Å². The topological polar surface area (TPSA) is 54.2 Å². The molecular weight excluding hydrogens is 216 g/mol. The number of aryl methyl sites for hydroxylation is 1. The number of likely N-dealkylation sites (tertiary alicyclic amines) is 1. The van der Waals surface area contributed by atoms with Gasteiger partial charge in [0.2, 0.25) is 0 Å². The van der Waals surface area contributed by atoms with Gasteiger partial charge in [0, 0.05) is 19.4 Å². The summed E-state index contributed by atoms with van der Waals surface area (Å²) in [5, 5.41) is 18.5. The van der Waals surface area contributed by atoms with E-state index in [1.807, 2.05) is 4.57 Å². The van der Waals surface area contributed by atoms with E-state index in [2.05, 4.69) is 22.1 Å². The van der Waals surface area contributed by atoms with Gasteiger partial charge in [0.1, 0.15) is 17.9 Å². The second-order valence-corrected chi connectivity index (χ2v) is 5.40. The lowest BCUT2D eigenvalue weighted by Gasteiger charge is -2.22. The highest BCUT2D eigenvalue weighted by atomic mass is 16.3. The van der Waals surface area contributed by atoms with Gasteiger partial charge in [-0.1, -0.05) is 0 Å². The molecule has 0 amide bonds. The number of nitrogens with zero attached hydrogens (tertiary/aromatic N) is 4. The molecular formula is C12H20N4O. The third kappa shape index (κ3) is 2.09. The molecule has 2 atom stereocenters. The highest BCUT2D eigenvalue weighted by Crippen LogP contribution is 2.26. The zero-order valence-electron chi connectivity index (χ0n) is 10.3. The van der Waals surface area contributed by atoms with Gasteiger partial charge in [0.05, 0.1) is 0 Å². The number of fused-ring (bicyclic) bond motifs is 1. The van der Waals surface area contributed by atoms with E-state index in [9.17, 15) is 5.11 Å². The van der Waals surface area contributed by atoms with Crippen molar-refractivity contribution in [3.63, 3.8) is 0 Å². The van der Waals surface area contributed by atoms with Gasteiger partial charge in [-0.2, -0.15) is 0 Å². The summed E-state index contributed by atoms with van der Waals surface area (Å²) in [6.07, 6.45) is 4.59. The van der Waals surface area contributed by atoms with Gasteiger partial charge >= 0.3 is 0 Å². The van der Waals surface area contributed by atoms with Crippen LogP contribution in [0.3, 0.4) is 0 Å². The van der Waals surface area contributed by atoms with Crippen LogP contribution in [0.4, 0.5) is 0 Å². The van der Waals surface area contributed by atoms with Crippen molar-refractivity contribution in [3.05, 3.63) is 11.6 Å². The molecule has 0 aromatic carbocycles. The van der Waals surface area contributed by atoms with Crippen LogP contribution < -0.4 is 0 Å². The van der Waals surface area contributed by atoms with E-state index < -0.39 is 6.23 Å². The van der Waals surface area contributed by atoms with Gasteiger partial charge in [0.15, 0.2) is 0 Å². The lowest BCUT2D eigenvalue weighted by atomic mass is 10.0. The predicted octanol–water partition coefficient (Wildman–Crippen LogP) is 0.599. The van der Waals surface area contributed by atoms with Gasteiger partial charge in [-0.05, 0) is 38.8 Å². The monoisotopic (exact) mass is 236 g/mol. The van der Waals surface area contributed by atoms with Crippen LogP contribution in [-0.4, -0.2) is 44.9 Å². The normalized spacial score (nSPS) is 29.5. The minimum atomic E-state index is -0.400. The summed E-state index contributed by atoms with van der Waals surface area (Å²) in [6, 6.07) is 0. The smallest absolute Gasteiger partial charge is 0.135 e. The molecule has 2 aliphatic heterocycles. The summed E-state index contributed by atoms with van der Waals surface area (Å²) in [7, 11) is 2.16. The maximum Gasteiger partial charge on any atom is 0.135 e. The number of hydrogen-bond donors (Lipinski definition) is 1. The molecule has 3 heterocycles. The van der Waals surface area contributed by atoms with Crippen molar-refractivity contribution >= 4 is 0 Å². The fourth-order valence-corrected chi connectivity index (χ4v) is 3.04. The molecule has 2 aliphatic rings. The average Bonchev–Trinajstić information content (AvgIpc) is 2.88. The van der Waals surface area contributed by atoms with E-state index in [-0.39, 0.29) is 0 Å². The molecule has 2 unspecified atom stereocenters. The second-order valence-electron chi connectivity index (χ2n) is 5.40. The Bertz CT molecular complexity index is 403. The fourth-order valence-electron chi connectivity index (χ4n) is 3.04. The maximum atomic E-state index is 10.0. The summed E-state index contributed by atoms with van der Waals surface area (Å²) < 4.78 is 1.96. The maximum absolute atomic E-state index is 10.0. The quantitative estimate of drug-likeness (QED) is 0.817. The van der Waals surface area contributed by atoms with Crippen molar-refractivity contribution in [2.75, 3.05) is 20.1 Å². The van der Waals surface area contributed by atoms with Gasteiger partial charge in [-0.3, -0.25) is 4.57 Å². The highest BCUT2D eigenvalue weighted by Gasteiger charge is 2.26. The third-order valence-electron chi connectivity index (χ3n) is 3.96. The largest absolute Gasteiger partial charge is 0.373 e. The fraction of sp³-hybridized carbons (Fsp3) is 0.833. The Morgan fingerprint density at radius 1 is 1.35 bits per heavy atom. The Hall–Kier alpha value is -0.940. The molecule has 1 N–H and O–H groups in total. The van der Waals surface area contributed by atoms with Crippen LogP contribution in [0.15, 0.2) is 0 Å². The lowest BCUT2D eigenvalue weighted by molar-refractivity contribution is 0.0743. The number of aromatic nitrogens is 3. The molecule has 1 fully saturated rings. The molecule has 0 radical (unpaired) electrons. The summed E-state index contributed by atoms with van der Waals surface area (Å²) in [5.41, 5.74) is 0. The Balaban J connectivity index is 1.77. The van der Waals surface area contributed by atoms with Crippen molar-refractivity contribution in [3.8, 4) is 0 Å². The number of rotatable bonds is 2. The molecule has 3 rings (SSSR count). The number of aliphatic hydroxyl groups excluding tert-OH is 1. The Labute approximate surface area is 101 Å². The van der Waals surface area contributed by atoms with Crippen LogP contribution in [0.5, 0.6) is 0 Å². The van der Waals surface area contributed by atoms with Crippen LogP contribution in [0, 0.1) is 5.92 Å². The molecule has 0 bridgehead atoms. The van der Waals surface area contributed by atoms with Crippen LogP contribution in [0.2, 0.25) is 0 Å². The predicted molar refractivity (Wildman–Crippen MR) is 63.5 cm³/mol. The second kappa shape index (κ2) is 4.38. The van der Waals surface area contributed by atoms with Crippen molar-refractivity contribution in [1.29, 1.82) is 0 Å². The lowest BCUT2D eigenvalue weighted by Crippen LogP contribution is -2.22. The molecule has 0 aliphatic carbocycles. The highest BCUT2D eigenvalue weighted by molar-refractivity contribution is 5.02. The molecule has 17 heavy (non-hydrogen) atoms. The summed E-state index contributed by atoms with van der Waals surface area (Å²) in [5.74, 6) is 2.61. The molecule has 1 aromatic heterocycles. The Kier molecular flexibility index (Phi) is 2.88. The van der Waals surface area contributed by atoms with Gasteiger partial charge < -0.3 is 10.0 Å². The van der Waals surface area contributed by atoms with Crippen LogP contribution in [-0.2, 0) is 12.8 Å². The third-order valence-corrected chi connectivity index (χ3v) is 3.96. The Morgan fingerprint density at radius 3 is 3.00 bits per heavy atom. The van der Waals surface area contributed by atoms with E-state index in [1.54, 1.807) is 0 Å². The van der Waals surface area contributed by atoms with Crippen LogP contribution >= 0.6 is 0 Å². The van der Waals surface area contributed by atoms with E-state index in [1.165, 1.54) is 13.0 Å². The van der Waals surface area contributed by atoms with Crippen LogP contribution in [0.25, 0.3) is 0 Å². The van der Waals surface area contributed by atoms with Crippen molar-refractivity contribution < 1.29 is 5.11 Å². The molecule has 94 valence electrons. The zero-order valence-corrected chi connectivity index (χ0v) is 10.3. The molecule has 5 nitrogen and oxygen atoms in total. The molecule has 5 heteroatoms. The van der Waals surface area contributed by atoms with Gasteiger partial charge in [-0.25, -0.2) is 0 Å². The average molecular weight is 236 g/mol. The standard InChI is InChI=1S/C12H20N4O/c1-15-6-5-9(8-15)7-11-14-13-10-3-2-4-12(17)16(10)11/h9,12,17H,2-8H2,1H3. The van der Waals surface area contributed by atoms with Gasteiger partial charge in [0.25, 0.3) is 0 Å². The first-order valence-corrected chi connectivity index (χ1v) is 6.53. The molecule has 0 spiro atoms. The summed E-state index contributed by atoms with van der Waals surface area (Å²) in [4.78, 5) is 2.36.